The first-order valence-corrected chi connectivity index (χ1v) is 27.3. The van der Waals surface area contributed by atoms with Gasteiger partial charge < -0.3 is 36.8 Å². The molecule has 5 amide bonds. The molecule has 0 heterocycles. The molecule has 0 bridgehead atoms. The van der Waals surface area contributed by atoms with Crippen molar-refractivity contribution in [3.8, 4) is 11.5 Å². The van der Waals surface area contributed by atoms with Crippen molar-refractivity contribution in [3.05, 3.63) is 48.5 Å². The SMILES string of the molecule is CCCCCCCCCCCCCCCCCCNC(=O)NCCCCCC(=O)Nc1ccc(O)cc1.CCCCCCCCCCCCCCCCCCNC(=O)Nc1ccc(O)cc1. The number of rotatable bonds is 42. The Labute approximate surface area is 403 Å². The summed E-state index contributed by atoms with van der Waals surface area (Å²) in [6.07, 6.45) is 46.3. The first-order chi connectivity index (χ1) is 32.3. The Morgan fingerprint density at radius 2 is 0.591 bits per heavy atom. The molecule has 0 radical (unpaired) electrons. The second-order valence-corrected chi connectivity index (χ2v) is 18.6. The van der Waals surface area contributed by atoms with Gasteiger partial charge in [-0.2, -0.15) is 0 Å². The van der Waals surface area contributed by atoms with Crippen molar-refractivity contribution in [2.24, 2.45) is 0 Å². The molecule has 0 spiro atoms. The Bertz CT molecular complexity index is 1390. The van der Waals surface area contributed by atoms with Crippen molar-refractivity contribution < 1.29 is 24.6 Å². The number of aromatic hydroxyl groups is 2. The highest BCUT2D eigenvalue weighted by atomic mass is 16.3. The lowest BCUT2D eigenvalue weighted by Crippen LogP contribution is -2.36. The van der Waals surface area contributed by atoms with Crippen molar-refractivity contribution in [2.45, 2.75) is 245 Å². The van der Waals surface area contributed by atoms with Gasteiger partial charge in [-0.3, -0.25) is 4.79 Å². The minimum atomic E-state index is -0.184. The lowest BCUT2D eigenvalue weighted by molar-refractivity contribution is -0.116. The van der Waals surface area contributed by atoms with Gasteiger partial charge in [0.15, 0.2) is 0 Å². The normalized spacial score (nSPS) is 10.8. The van der Waals surface area contributed by atoms with Crippen LogP contribution in [-0.4, -0.2) is 47.8 Å². The number of nitrogens with one attached hydrogen (secondary N) is 5. The summed E-state index contributed by atoms with van der Waals surface area (Å²) in [5.41, 5.74) is 1.37. The summed E-state index contributed by atoms with van der Waals surface area (Å²) in [5, 5.41) is 32.8. The zero-order valence-electron chi connectivity index (χ0n) is 42.3. The number of unbranched alkanes of at least 4 members (excludes halogenated alkanes) is 32. The van der Waals surface area contributed by atoms with Crippen molar-refractivity contribution in [1.82, 2.24) is 16.0 Å². The number of benzene rings is 2. The van der Waals surface area contributed by atoms with E-state index in [1.165, 1.54) is 193 Å². The molecule has 2 aromatic rings. The zero-order valence-corrected chi connectivity index (χ0v) is 42.3. The van der Waals surface area contributed by atoms with Crippen LogP contribution in [0.15, 0.2) is 48.5 Å². The fraction of sp³-hybridized carbons (Fsp3) is 0.732. The van der Waals surface area contributed by atoms with Crippen LogP contribution in [-0.2, 0) is 4.79 Å². The molecule has 2 aromatic carbocycles. The maximum Gasteiger partial charge on any atom is 0.319 e. The third-order valence-electron chi connectivity index (χ3n) is 12.3. The second kappa shape index (κ2) is 46.2. The molecule has 0 aliphatic carbocycles. The highest BCUT2D eigenvalue weighted by Crippen LogP contribution is 2.17. The molecule has 0 aliphatic heterocycles. The summed E-state index contributed by atoms with van der Waals surface area (Å²) < 4.78 is 0. The minimum Gasteiger partial charge on any atom is -0.508 e. The molecule has 7 N–H and O–H groups in total. The average molecular weight is 922 g/mol. The Kier molecular flexibility index (Phi) is 42.0. The lowest BCUT2D eigenvalue weighted by atomic mass is 10.0. The van der Waals surface area contributed by atoms with Gasteiger partial charge in [-0.05, 0) is 74.2 Å². The van der Waals surface area contributed by atoms with E-state index in [0.717, 1.165) is 38.6 Å². The number of phenolic OH excluding ortho intramolecular Hbond substituents is 2. The molecule has 0 atom stereocenters. The van der Waals surface area contributed by atoms with E-state index < -0.39 is 0 Å². The number of urea groups is 2. The molecule has 0 saturated heterocycles. The highest BCUT2D eigenvalue weighted by molar-refractivity contribution is 5.90. The second-order valence-electron chi connectivity index (χ2n) is 18.6. The summed E-state index contributed by atoms with van der Waals surface area (Å²) in [6.45, 7) is 6.63. The van der Waals surface area contributed by atoms with Gasteiger partial charge in [0.25, 0.3) is 0 Å². The number of hydrogen-bond donors (Lipinski definition) is 7. The van der Waals surface area contributed by atoms with E-state index in [4.69, 9.17) is 0 Å². The topological polar surface area (TPSA) is 152 Å². The molecule has 0 fully saturated rings. The van der Waals surface area contributed by atoms with Crippen LogP contribution in [0, 0.1) is 0 Å². The first kappa shape index (κ1) is 60.1. The monoisotopic (exact) mass is 922 g/mol. The predicted molar refractivity (Wildman–Crippen MR) is 281 cm³/mol. The summed E-state index contributed by atoms with van der Waals surface area (Å²) in [5.74, 6) is 0.346. The standard InChI is InChI=1S/C31H55N3O3.C25H44N2O2/c1-2-3-4-5-6-7-8-9-10-11-12-13-14-15-16-19-26-32-31(37)33-27-20-17-18-21-30(36)34-28-22-24-29(35)25-23-28;1-2-3-4-5-6-7-8-9-10-11-12-13-14-15-16-17-22-26-25(29)27-23-18-20-24(28)21-19-23/h22-25,35H,2-21,26-27H2,1H3,(H,34,36)(H2,32,33,37);18-21,28H,2-17,22H2,1H3,(H2,26,27,29). The van der Waals surface area contributed by atoms with E-state index in [2.05, 4.69) is 40.4 Å². The summed E-state index contributed by atoms with van der Waals surface area (Å²) in [4.78, 5) is 35.6. The predicted octanol–water partition coefficient (Wildman–Crippen LogP) is 16.2. The Hall–Kier alpha value is -3.95. The van der Waals surface area contributed by atoms with Crippen molar-refractivity contribution in [2.75, 3.05) is 30.3 Å². The number of amides is 5. The van der Waals surface area contributed by atoms with E-state index >= 15 is 0 Å². The highest BCUT2D eigenvalue weighted by Gasteiger charge is 2.05. The maximum atomic E-state index is 11.9. The number of carbonyl (C=O) groups is 3. The third-order valence-corrected chi connectivity index (χ3v) is 12.3. The molecule has 0 aliphatic rings. The number of anilines is 2. The third kappa shape index (κ3) is 41.5. The van der Waals surface area contributed by atoms with Gasteiger partial charge in [-0.15, -0.1) is 0 Å². The van der Waals surface area contributed by atoms with Gasteiger partial charge in [0.2, 0.25) is 5.91 Å². The molecular weight excluding hydrogens is 823 g/mol. The molecule has 0 aromatic heterocycles. The first-order valence-electron chi connectivity index (χ1n) is 27.3. The van der Waals surface area contributed by atoms with Crippen LogP contribution in [0.5, 0.6) is 11.5 Å². The van der Waals surface area contributed by atoms with E-state index in [1.807, 2.05) is 0 Å². The van der Waals surface area contributed by atoms with Crippen LogP contribution < -0.4 is 26.6 Å². The average Bonchev–Trinajstić information content (AvgIpc) is 3.31. The van der Waals surface area contributed by atoms with Crippen LogP contribution in [0.2, 0.25) is 0 Å². The van der Waals surface area contributed by atoms with Crippen LogP contribution in [0.1, 0.15) is 245 Å². The molecule has 0 saturated carbocycles. The van der Waals surface area contributed by atoms with E-state index in [9.17, 15) is 24.6 Å². The van der Waals surface area contributed by atoms with Gasteiger partial charge in [-0.1, -0.05) is 213 Å². The van der Waals surface area contributed by atoms with Crippen molar-refractivity contribution >= 4 is 29.3 Å². The van der Waals surface area contributed by atoms with Crippen LogP contribution in [0.3, 0.4) is 0 Å². The number of phenols is 2. The van der Waals surface area contributed by atoms with E-state index in [-0.39, 0.29) is 29.5 Å². The van der Waals surface area contributed by atoms with Crippen LogP contribution in [0.25, 0.3) is 0 Å². The molecule has 66 heavy (non-hydrogen) atoms. The van der Waals surface area contributed by atoms with E-state index in [0.29, 0.717) is 30.9 Å². The molecule has 2 rings (SSSR count). The zero-order chi connectivity index (χ0) is 47.8. The van der Waals surface area contributed by atoms with Crippen molar-refractivity contribution in [3.63, 3.8) is 0 Å². The van der Waals surface area contributed by atoms with Crippen LogP contribution >= 0.6 is 0 Å². The molecule has 10 heteroatoms. The summed E-state index contributed by atoms with van der Waals surface area (Å²) in [6, 6.07) is 12.7. The quantitative estimate of drug-likeness (QED) is 0.0261. The van der Waals surface area contributed by atoms with Gasteiger partial charge in [0.1, 0.15) is 11.5 Å². The fourth-order valence-electron chi connectivity index (χ4n) is 8.09. The minimum absolute atomic E-state index is 0.0322. The van der Waals surface area contributed by atoms with Gasteiger partial charge >= 0.3 is 12.1 Å². The summed E-state index contributed by atoms with van der Waals surface area (Å²) >= 11 is 0. The maximum absolute atomic E-state index is 11.9. The smallest absolute Gasteiger partial charge is 0.319 e. The molecule has 378 valence electrons. The Morgan fingerprint density at radius 1 is 0.333 bits per heavy atom. The number of hydrogen-bond acceptors (Lipinski definition) is 5. The molecule has 10 nitrogen and oxygen atoms in total. The van der Waals surface area contributed by atoms with E-state index in [1.54, 1.807) is 48.5 Å². The Balaban J connectivity index is 0.000000680. The van der Waals surface area contributed by atoms with Crippen molar-refractivity contribution in [1.29, 1.82) is 0 Å². The molecular formula is C56H99N5O5. The Morgan fingerprint density at radius 3 is 0.909 bits per heavy atom. The largest absolute Gasteiger partial charge is 0.508 e. The number of carbonyl (C=O) groups excluding carboxylic acids is 3. The van der Waals surface area contributed by atoms with Gasteiger partial charge in [0, 0.05) is 37.4 Å². The van der Waals surface area contributed by atoms with Crippen LogP contribution in [0.4, 0.5) is 21.0 Å². The fourth-order valence-corrected chi connectivity index (χ4v) is 8.09. The lowest BCUT2D eigenvalue weighted by Gasteiger charge is -2.08. The molecule has 0 unspecified atom stereocenters. The van der Waals surface area contributed by atoms with Gasteiger partial charge in [-0.25, -0.2) is 9.59 Å². The van der Waals surface area contributed by atoms with Gasteiger partial charge in [0.05, 0.1) is 0 Å². The summed E-state index contributed by atoms with van der Waals surface area (Å²) in [7, 11) is 0.